The summed E-state index contributed by atoms with van der Waals surface area (Å²) in [5.41, 5.74) is 0.143. The summed E-state index contributed by atoms with van der Waals surface area (Å²) in [5, 5.41) is 3.21. The summed E-state index contributed by atoms with van der Waals surface area (Å²) < 4.78 is 72.6. The third kappa shape index (κ3) is 5.70. The monoisotopic (exact) mass is 509 g/mol. The molecule has 0 spiro atoms. The lowest BCUT2D eigenvalue weighted by atomic mass is 10.1. The van der Waals surface area contributed by atoms with Gasteiger partial charge in [0.05, 0.1) is 27.1 Å². The summed E-state index contributed by atoms with van der Waals surface area (Å²) >= 11 is 12.1. The number of nitrogens with zero attached hydrogens (tertiary/aromatic N) is 2. The number of nitrogens with one attached hydrogen (secondary N) is 3. The molecule has 172 valence electrons. The third-order valence-electron chi connectivity index (χ3n) is 4.42. The number of benzene rings is 1. The fourth-order valence-corrected chi connectivity index (χ4v) is 4.01. The molecule has 0 saturated heterocycles. The minimum atomic E-state index is -4.74. The van der Waals surface area contributed by atoms with E-state index >= 15 is 0 Å². The van der Waals surface area contributed by atoms with E-state index in [9.17, 15) is 21.8 Å². The number of hydrogen-bond acceptors (Lipinski definition) is 5. The van der Waals surface area contributed by atoms with Crippen LogP contribution in [0.15, 0.2) is 30.5 Å². The first-order valence-corrected chi connectivity index (χ1v) is 11.8. The van der Waals surface area contributed by atoms with Gasteiger partial charge in [0.1, 0.15) is 11.9 Å². The van der Waals surface area contributed by atoms with Gasteiger partial charge < -0.3 is 10.3 Å². The molecular weight excluding hydrogens is 493 g/mol. The molecule has 3 aromatic rings. The number of alkyl halides is 3. The van der Waals surface area contributed by atoms with E-state index in [0.717, 1.165) is 0 Å². The van der Waals surface area contributed by atoms with Crippen molar-refractivity contribution in [2.45, 2.75) is 24.9 Å². The minimum Gasteiger partial charge on any atom is -0.354 e. The molecule has 0 saturated carbocycles. The Kier molecular flexibility index (Phi) is 6.73. The molecule has 1 aromatic carbocycles. The maximum Gasteiger partial charge on any atom is 0.417 e. The largest absolute Gasteiger partial charge is 0.417 e. The summed E-state index contributed by atoms with van der Waals surface area (Å²) in [4.78, 5) is 11.0. The number of H-pyrrole nitrogens is 1. The predicted octanol–water partition coefficient (Wildman–Crippen LogP) is 5.96. The van der Waals surface area contributed by atoms with Crippen molar-refractivity contribution in [3.63, 3.8) is 0 Å². The zero-order valence-corrected chi connectivity index (χ0v) is 19.0. The molecule has 0 amide bonds. The molecule has 3 rings (SSSR count). The number of halogens is 6. The average Bonchev–Trinajstić information content (AvgIpc) is 3.00. The van der Waals surface area contributed by atoms with Crippen LogP contribution in [0.25, 0.3) is 0 Å². The summed E-state index contributed by atoms with van der Waals surface area (Å²) in [6.45, 7) is 1.67. The number of aromatic nitrogens is 3. The highest BCUT2D eigenvalue weighted by molar-refractivity contribution is 7.90. The van der Waals surface area contributed by atoms with E-state index in [1.165, 1.54) is 18.4 Å². The fourth-order valence-electron chi connectivity index (χ4n) is 2.90. The summed E-state index contributed by atoms with van der Waals surface area (Å²) in [7, 11) is -2.89. The molecule has 1 unspecified atom stereocenters. The van der Waals surface area contributed by atoms with E-state index in [-0.39, 0.29) is 21.6 Å². The highest BCUT2D eigenvalue weighted by atomic mass is 35.5. The highest BCUT2D eigenvalue weighted by Crippen LogP contribution is 2.33. The standard InChI is InChI=1S/C19H17Cl2F4N5OS/c1-9-15(8-32(2,26)31)29-18(28-9)16(10-3-4-12(20)13(21)5-10)30-17-14(22)6-11(7-27-17)19(23,24)25/h3-7,16,26H,8H2,1-2H3,(H,27,30)(H,28,29)/t16-,32?/m1/s1. The lowest BCUT2D eigenvalue weighted by Crippen LogP contribution is -2.17. The molecule has 3 N–H and O–H groups in total. The van der Waals surface area contributed by atoms with Crippen LogP contribution in [0.1, 0.15) is 34.4 Å². The number of anilines is 1. The lowest BCUT2D eigenvalue weighted by Gasteiger charge is -2.19. The van der Waals surface area contributed by atoms with Crippen molar-refractivity contribution in [1.82, 2.24) is 15.0 Å². The molecular formula is C19H17Cl2F4N5OS. The van der Waals surface area contributed by atoms with Gasteiger partial charge >= 0.3 is 6.18 Å². The van der Waals surface area contributed by atoms with Crippen LogP contribution in [0.5, 0.6) is 0 Å². The normalized spacial score (nSPS) is 14.8. The van der Waals surface area contributed by atoms with E-state index in [1.54, 1.807) is 13.0 Å². The maximum atomic E-state index is 14.5. The van der Waals surface area contributed by atoms with Crippen LogP contribution in [0.4, 0.5) is 23.4 Å². The Morgan fingerprint density at radius 1 is 1.25 bits per heavy atom. The number of imidazole rings is 1. The van der Waals surface area contributed by atoms with Gasteiger partial charge in [-0.15, -0.1) is 0 Å². The molecule has 2 aromatic heterocycles. The Morgan fingerprint density at radius 3 is 2.50 bits per heavy atom. The highest BCUT2D eigenvalue weighted by Gasteiger charge is 2.32. The Balaban J connectivity index is 2.07. The fraction of sp³-hybridized carbons (Fsp3) is 0.263. The first kappa shape index (κ1) is 24.3. The second kappa shape index (κ2) is 8.87. The van der Waals surface area contributed by atoms with E-state index in [0.29, 0.717) is 29.2 Å². The zero-order chi connectivity index (χ0) is 23.8. The third-order valence-corrected chi connectivity index (χ3v) is 5.98. The molecule has 32 heavy (non-hydrogen) atoms. The van der Waals surface area contributed by atoms with Gasteiger partial charge in [-0.3, -0.25) is 4.78 Å². The van der Waals surface area contributed by atoms with Crippen molar-refractivity contribution < 1.29 is 21.8 Å². The average molecular weight is 510 g/mol. The van der Waals surface area contributed by atoms with Crippen molar-refractivity contribution in [3.8, 4) is 0 Å². The van der Waals surface area contributed by atoms with E-state index in [2.05, 4.69) is 20.3 Å². The predicted molar refractivity (Wildman–Crippen MR) is 115 cm³/mol. The SMILES string of the molecule is Cc1[nH]c([C@H](Nc2ncc(C(F)(F)F)cc2F)c2ccc(Cl)c(Cl)c2)nc1CS(C)(=N)=O. The molecule has 0 fully saturated rings. The Morgan fingerprint density at radius 2 is 1.94 bits per heavy atom. The van der Waals surface area contributed by atoms with Crippen LogP contribution < -0.4 is 5.32 Å². The van der Waals surface area contributed by atoms with Gasteiger partial charge in [0.25, 0.3) is 0 Å². The van der Waals surface area contributed by atoms with Crippen molar-refractivity contribution in [2.75, 3.05) is 11.6 Å². The van der Waals surface area contributed by atoms with Gasteiger partial charge in [0.2, 0.25) is 0 Å². The first-order chi connectivity index (χ1) is 14.7. The van der Waals surface area contributed by atoms with Crippen molar-refractivity contribution in [1.29, 1.82) is 4.78 Å². The Bertz CT molecular complexity index is 1260. The van der Waals surface area contributed by atoms with Crippen LogP contribution in [0.3, 0.4) is 0 Å². The lowest BCUT2D eigenvalue weighted by molar-refractivity contribution is -0.138. The van der Waals surface area contributed by atoms with Gasteiger partial charge in [-0.05, 0) is 30.7 Å². The Labute approximate surface area is 191 Å². The number of pyridine rings is 1. The summed E-state index contributed by atoms with van der Waals surface area (Å²) in [5.74, 6) is -1.53. The quantitative estimate of drug-likeness (QED) is 0.357. The van der Waals surface area contributed by atoms with Crippen molar-refractivity contribution in [2.24, 2.45) is 0 Å². The zero-order valence-electron chi connectivity index (χ0n) is 16.6. The molecule has 0 aliphatic rings. The summed E-state index contributed by atoms with van der Waals surface area (Å²) in [6, 6.07) is 4.00. The molecule has 13 heteroatoms. The van der Waals surface area contributed by atoms with E-state index in [4.69, 9.17) is 28.0 Å². The molecule has 6 nitrogen and oxygen atoms in total. The number of aromatic amines is 1. The van der Waals surface area contributed by atoms with E-state index < -0.39 is 39.1 Å². The first-order valence-electron chi connectivity index (χ1n) is 8.95. The second-order valence-corrected chi connectivity index (χ2v) is 10.3. The summed E-state index contributed by atoms with van der Waals surface area (Å²) in [6.07, 6.45) is -2.95. The molecule has 0 bridgehead atoms. The number of hydrogen-bond donors (Lipinski definition) is 3. The van der Waals surface area contributed by atoms with Gasteiger partial charge in [0, 0.05) is 27.9 Å². The minimum absolute atomic E-state index is 0.115. The molecule has 2 atom stereocenters. The van der Waals surface area contributed by atoms with Crippen LogP contribution >= 0.6 is 23.2 Å². The topological polar surface area (TPSA) is 94.5 Å². The number of rotatable bonds is 6. The smallest absolute Gasteiger partial charge is 0.354 e. The van der Waals surface area contributed by atoms with Crippen LogP contribution in [-0.2, 0) is 21.7 Å². The van der Waals surface area contributed by atoms with Crippen molar-refractivity contribution >= 4 is 38.7 Å². The number of aryl methyl sites for hydroxylation is 1. The van der Waals surface area contributed by atoms with Gasteiger partial charge in [0.15, 0.2) is 11.6 Å². The maximum absolute atomic E-state index is 14.5. The van der Waals surface area contributed by atoms with Crippen LogP contribution in [0, 0.1) is 17.5 Å². The molecule has 0 aliphatic heterocycles. The van der Waals surface area contributed by atoms with Crippen LogP contribution in [0.2, 0.25) is 10.0 Å². The van der Waals surface area contributed by atoms with Gasteiger partial charge in [-0.2, -0.15) is 13.2 Å². The van der Waals surface area contributed by atoms with Gasteiger partial charge in [-0.1, -0.05) is 29.3 Å². The van der Waals surface area contributed by atoms with Crippen molar-refractivity contribution in [3.05, 3.63) is 74.7 Å². The Hall–Kier alpha value is -2.37. The molecule has 0 aliphatic carbocycles. The second-order valence-electron chi connectivity index (χ2n) is 7.15. The molecule has 0 radical (unpaired) electrons. The van der Waals surface area contributed by atoms with Gasteiger partial charge in [-0.25, -0.2) is 18.6 Å². The van der Waals surface area contributed by atoms with E-state index in [1.807, 2.05) is 0 Å². The molecule has 2 heterocycles. The van der Waals surface area contributed by atoms with Crippen LogP contribution in [-0.4, -0.2) is 25.4 Å².